The number of hydrogen-bond donors (Lipinski definition) is 1. The van der Waals surface area contributed by atoms with Crippen molar-refractivity contribution in [3.63, 3.8) is 0 Å². The van der Waals surface area contributed by atoms with Crippen LogP contribution < -0.4 is 10.5 Å². The van der Waals surface area contributed by atoms with Crippen molar-refractivity contribution in [3.05, 3.63) is 29.8 Å². The van der Waals surface area contributed by atoms with Gasteiger partial charge in [-0.25, -0.2) is 0 Å². The molecule has 118 valence electrons. The first-order valence-corrected chi connectivity index (χ1v) is 7.00. The van der Waals surface area contributed by atoms with Gasteiger partial charge in [-0.05, 0) is 24.2 Å². The molecule has 0 unspecified atom stereocenters. The fourth-order valence-corrected chi connectivity index (χ4v) is 1.97. The summed E-state index contributed by atoms with van der Waals surface area (Å²) in [6.45, 7) is 1.54. The maximum Gasteiger partial charge on any atom is 0.401 e. The molecule has 21 heavy (non-hydrogen) atoms. The maximum atomic E-state index is 12.3. The Labute approximate surface area is 127 Å². The number of alkyl halides is 3. The number of thiocarbonyl (C=S) groups is 1. The molecule has 0 saturated carbocycles. The topological polar surface area (TPSA) is 38.5 Å². The van der Waals surface area contributed by atoms with Crippen LogP contribution in [-0.4, -0.2) is 42.3 Å². The fourth-order valence-electron chi connectivity index (χ4n) is 1.80. The lowest BCUT2D eigenvalue weighted by Crippen LogP contribution is -2.36. The van der Waals surface area contributed by atoms with E-state index in [1.165, 1.54) is 4.90 Å². The molecule has 3 nitrogen and oxygen atoms in total. The Morgan fingerprint density at radius 1 is 1.29 bits per heavy atom. The summed E-state index contributed by atoms with van der Waals surface area (Å²) in [6, 6.07) is 7.19. The number of halogens is 3. The Bertz CT molecular complexity index is 449. The predicted molar refractivity (Wildman–Crippen MR) is 80.6 cm³/mol. The van der Waals surface area contributed by atoms with Gasteiger partial charge in [-0.1, -0.05) is 31.3 Å². The van der Waals surface area contributed by atoms with Crippen LogP contribution in [0.5, 0.6) is 5.75 Å². The molecular formula is C14H19F3N2OS. The molecule has 0 aromatic heterocycles. The zero-order chi connectivity index (χ0) is 15.9. The molecule has 0 amide bonds. The third-order valence-electron chi connectivity index (χ3n) is 2.83. The maximum absolute atomic E-state index is 12.3. The highest BCUT2D eigenvalue weighted by Gasteiger charge is 2.29. The minimum Gasteiger partial charge on any atom is -0.492 e. The van der Waals surface area contributed by atoms with E-state index in [-0.39, 0.29) is 13.2 Å². The Balaban J connectivity index is 2.39. The number of ether oxygens (including phenoxy) is 1. The number of nitrogens with two attached hydrogens (primary N) is 1. The van der Waals surface area contributed by atoms with Crippen molar-refractivity contribution < 1.29 is 17.9 Å². The van der Waals surface area contributed by atoms with Gasteiger partial charge in [-0.15, -0.1) is 0 Å². The van der Waals surface area contributed by atoms with Crippen LogP contribution >= 0.6 is 12.2 Å². The molecule has 0 spiro atoms. The number of likely N-dealkylation sites (N-methyl/N-ethyl adjacent to an activating group) is 1. The van der Waals surface area contributed by atoms with E-state index in [4.69, 9.17) is 22.7 Å². The van der Waals surface area contributed by atoms with Crippen LogP contribution in [0.3, 0.4) is 0 Å². The SMILES string of the molecule is CCN(CCOc1ccc(CC(N)=S)cc1)CC(F)(F)F. The van der Waals surface area contributed by atoms with Gasteiger partial charge < -0.3 is 10.5 Å². The largest absolute Gasteiger partial charge is 0.492 e. The van der Waals surface area contributed by atoms with Crippen molar-refractivity contribution in [1.29, 1.82) is 0 Å². The van der Waals surface area contributed by atoms with E-state index in [2.05, 4.69) is 0 Å². The van der Waals surface area contributed by atoms with Gasteiger partial charge in [0, 0.05) is 13.0 Å². The first-order valence-electron chi connectivity index (χ1n) is 6.59. The Hall–Kier alpha value is -1.34. The molecule has 7 heteroatoms. The second-order valence-corrected chi connectivity index (χ2v) is 5.14. The van der Waals surface area contributed by atoms with Crippen molar-refractivity contribution in [2.75, 3.05) is 26.2 Å². The van der Waals surface area contributed by atoms with E-state index in [9.17, 15) is 13.2 Å². The summed E-state index contributed by atoms with van der Waals surface area (Å²) in [5, 5.41) is 0. The summed E-state index contributed by atoms with van der Waals surface area (Å²) < 4.78 is 42.3. The fraction of sp³-hybridized carbons (Fsp3) is 0.500. The van der Waals surface area contributed by atoms with Crippen molar-refractivity contribution in [3.8, 4) is 5.75 Å². The van der Waals surface area contributed by atoms with Gasteiger partial charge >= 0.3 is 6.18 Å². The smallest absolute Gasteiger partial charge is 0.401 e. The van der Waals surface area contributed by atoms with Gasteiger partial charge in [0.1, 0.15) is 12.4 Å². The van der Waals surface area contributed by atoms with Gasteiger partial charge in [-0.2, -0.15) is 13.2 Å². The summed E-state index contributed by atoms with van der Waals surface area (Å²) in [5.74, 6) is 0.616. The molecule has 1 aromatic rings. The summed E-state index contributed by atoms with van der Waals surface area (Å²) in [7, 11) is 0. The molecule has 0 aliphatic carbocycles. The van der Waals surface area contributed by atoms with Crippen molar-refractivity contribution in [2.24, 2.45) is 5.73 Å². The average molecular weight is 320 g/mol. The Morgan fingerprint density at radius 3 is 2.38 bits per heavy atom. The predicted octanol–water partition coefficient (Wildman–Crippen LogP) is 2.78. The van der Waals surface area contributed by atoms with Gasteiger partial charge in [0.25, 0.3) is 0 Å². The van der Waals surface area contributed by atoms with Crippen molar-refractivity contribution in [2.45, 2.75) is 19.5 Å². The third kappa shape index (κ3) is 7.87. The summed E-state index contributed by atoms with van der Waals surface area (Å²) in [6.07, 6.45) is -3.66. The minimum absolute atomic E-state index is 0.207. The van der Waals surface area contributed by atoms with Crippen molar-refractivity contribution in [1.82, 2.24) is 4.90 Å². The normalized spacial score (nSPS) is 11.7. The lowest BCUT2D eigenvalue weighted by atomic mass is 10.1. The highest BCUT2D eigenvalue weighted by Crippen LogP contribution is 2.16. The van der Waals surface area contributed by atoms with Crippen molar-refractivity contribution >= 4 is 17.2 Å². The minimum atomic E-state index is -4.18. The zero-order valence-corrected chi connectivity index (χ0v) is 12.6. The van der Waals surface area contributed by atoms with Crippen LogP contribution in [0.1, 0.15) is 12.5 Å². The van der Waals surface area contributed by atoms with Gasteiger partial charge in [0.05, 0.1) is 11.5 Å². The number of benzene rings is 1. The lowest BCUT2D eigenvalue weighted by Gasteiger charge is -2.21. The first kappa shape index (κ1) is 17.7. The van der Waals surface area contributed by atoms with Crippen LogP contribution in [0.15, 0.2) is 24.3 Å². The number of rotatable bonds is 8. The average Bonchev–Trinajstić information content (AvgIpc) is 2.37. The molecular weight excluding hydrogens is 301 g/mol. The van der Waals surface area contributed by atoms with Gasteiger partial charge in [0.2, 0.25) is 0 Å². The molecule has 0 saturated heterocycles. The van der Waals surface area contributed by atoms with E-state index in [1.54, 1.807) is 19.1 Å². The first-order chi connectivity index (χ1) is 9.80. The van der Waals surface area contributed by atoms with E-state index >= 15 is 0 Å². The Morgan fingerprint density at radius 2 is 1.90 bits per heavy atom. The van der Waals surface area contributed by atoms with Crippen LogP contribution in [0, 0.1) is 0 Å². The summed E-state index contributed by atoms with van der Waals surface area (Å²) >= 11 is 4.81. The molecule has 0 atom stereocenters. The zero-order valence-electron chi connectivity index (χ0n) is 11.8. The molecule has 0 radical (unpaired) electrons. The third-order valence-corrected chi connectivity index (χ3v) is 2.97. The molecule has 0 aliphatic heterocycles. The molecule has 0 bridgehead atoms. The number of hydrogen-bond acceptors (Lipinski definition) is 3. The second kappa shape index (κ2) is 8.19. The van der Waals surface area contributed by atoms with Crippen LogP contribution in [0.2, 0.25) is 0 Å². The number of nitrogens with zero attached hydrogens (tertiary/aromatic N) is 1. The quantitative estimate of drug-likeness (QED) is 0.748. The molecule has 1 aromatic carbocycles. The molecule has 0 heterocycles. The van der Waals surface area contributed by atoms with Crippen LogP contribution in [0.25, 0.3) is 0 Å². The molecule has 2 N–H and O–H groups in total. The molecule has 1 rings (SSSR count). The monoisotopic (exact) mass is 320 g/mol. The van der Waals surface area contributed by atoms with Crippen LogP contribution in [-0.2, 0) is 6.42 Å². The van der Waals surface area contributed by atoms with Crippen LogP contribution in [0.4, 0.5) is 13.2 Å². The van der Waals surface area contributed by atoms with E-state index in [0.717, 1.165) is 5.56 Å². The second-order valence-electron chi connectivity index (χ2n) is 4.62. The highest BCUT2D eigenvalue weighted by molar-refractivity contribution is 7.80. The van der Waals surface area contributed by atoms with Gasteiger partial charge in [0.15, 0.2) is 0 Å². The molecule has 0 fully saturated rings. The highest BCUT2D eigenvalue weighted by atomic mass is 32.1. The van der Waals surface area contributed by atoms with E-state index in [1.807, 2.05) is 12.1 Å². The standard InChI is InChI=1S/C14H19F3N2OS/c1-2-19(10-14(15,16)17)7-8-20-12-5-3-11(4-6-12)9-13(18)21/h3-6H,2,7-10H2,1H3,(H2,18,21). The lowest BCUT2D eigenvalue weighted by molar-refractivity contribution is -0.146. The molecule has 0 aliphatic rings. The van der Waals surface area contributed by atoms with Gasteiger partial charge in [-0.3, -0.25) is 4.90 Å². The summed E-state index contributed by atoms with van der Waals surface area (Å²) in [4.78, 5) is 1.70. The summed E-state index contributed by atoms with van der Waals surface area (Å²) in [5.41, 5.74) is 6.42. The van der Waals surface area contributed by atoms with E-state index < -0.39 is 12.7 Å². The Kier molecular flexibility index (Phi) is 6.91. The van der Waals surface area contributed by atoms with E-state index in [0.29, 0.717) is 23.7 Å².